The summed E-state index contributed by atoms with van der Waals surface area (Å²) in [5, 5.41) is 1.37. The fourth-order valence-electron chi connectivity index (χ4n) is 2.13. The van der Waals surface area contributed by atoms with Crippen LogP contribution in [0.4, 0.5) is 0 Å². The molecule has 3 heteroatoms. The molecule has 0 fully saturated rings. The number of benzene rings is 2. The molecule has 2 aromatic carbocycles. The summed E-state index contributed by atoms with van der Waals surface area (Å²) in [6.07, 6.45) is 0.829. The van der Waals surface area contributed by atoms with Gasteiger partial charge in [0.05, 0.1) is 0 Å². The van der Waals surface area contributed by atoms with Gasteiger partial charge in [-0.05, 0) is 43.1 Å². The monoisotopic (exact) mass is 293 g/mol. The fraction of sp³-hybridized carbons (Fsp3) is 0.250. The molecule has 1 nitrogen and oxygen atoms in total. The lowest BCUT2D eigenvalue weighted by Crippen LogP contribution is -2.15. The Morgan fingerprint density at radius 1 is 1.05 bits per heavy atom. The highest BCUT2D eigenvalue weighted by Crippen LogP contribution is 2.27. The summed E-state index contributed by atoms with van der Waals surface area (Å²) in [7, 11) is 0. The van der Waals surface area contributed by atoms with Crippen molar-refractivity contribution < 1.29 is 0 Å². The highest BCUT2D eigenvalue weighted by Gasteiger charge is 2.12. The van der Waals surface area contributed by atoms with Gasteiger partial charge in [0.1, 0.15) is 0 Å². The summed E-state index contributed by atoms with van der Waals surface area (Å²) in [6, 6.07) is 14.1. The molecule has 0 aromatic heterocycles. The minimum Gasteiger partial charge on any atom is -0.330 e. The van der Waals surface area contributed by atoms with E-state index in [1.807, 2.05) is 12.1 Å². The minimum absolute atomic E-state index is 0.277. The van der Waals surface area contributed by atoms with Gasteiger partial charge in [0.25, 0.3) is 0 Å². The molecule has 2 N–H and O–H groups in total. The molecule has 0 saturated heterocycles. The Morgan fingerprint density at radius 2 is 1.74 bits per heavy atom. The summed E-state index contributed by atoms with van der Waals surface area (Å²) in [4.78, 5) is 0. The summed E-state index contributed by atoms with van der Waals surface area (Å²) in [5.41, 5.74) is 9.49. The largest absolute Gasteiger partial charge is 0.330 e. The number of hydrogen-bond acceptors (Lipinski definition) is 1. The number of hydrogen-bond donors (Lipinski definition) is 1. The zero-order valence-corrected chi connectivity index (χ0v) is 12.4. The highest BCUT2D eigenvalue weighted by molar-refractivity contribution is 6.35. The first-order chi connectivity index (χ1) is 9.10. The standard InChI is InChI=1S/C16H17Cl2N/c1-11-2-4-12(5-3-11)14(10-19)8-13-6-7-15(17)9-16(13)18/h2-7,9,14H,8,10,19H2,1H3. The van der Waals surface area contributed by atoms with Crippen LogP contribution < -0.4 is 5.73 Å². The Balaban J connectivity index is 2.21. The molecule has 0 aliphatic carbocycles. The van der Waals surface area contributed by atoms with Crippen molar-refractivity contribution in [2.24, 2.45) is 5.73 Å². The second kappa shape index (κ2) is 6.42. The van der Waals surface area contributed by atoms with Gasteiger partial charge in [0, 0.05) is 16.0 Å². The van der Waals surface area contributed by atoms with E-state index >= 15 is 0 Å². The third-order valence-corrected chi connectivity index (χ3v) is 3.90. The molecule has 0 aliphatic heterocycles. The molecule has 0 amide bonds. The highest BCUT2D eigenvalue weighted by atomic mass is 35.5. The van der Waals surface area contributed by atoms with Gasteiger partial charge in [-0.25, -0.2) is 0 Å². The summed E-state index contributed by atoms with van der Waals surface area (Å²) < 4.78 is 0. The van der Waals surface area contributed by atoms with Crippen molar-refractivity contribution in [2.75, 3.05) is 6.54 Å². The van der Waals surface area contributed by atoms with Gasteiger partial charge < -0.3 is 5.73 Å². The van der Waals surface area contributed by atoms with Crippen molar-refractivity contribution >= 4 is 23.2 Å². The first-order valence-corrected chi connectivity index (χ1v) is 7.06. The third kappa shape index (κ3) is 3.73. The molecular weight excluding hydrogens is 277 g/mol. The Bertz CT molecular complexity index is 549. The maximum absolute atomic E-state index is 6.22. The van der Waals surface area contributed by atoms with Crippen LogP contribution in [0.5, 0.6) is 0 Å². The molecule has 0 heterocycles. The minimum atomic E-state index is 0.277. The van der Waals surface area contributed by atoms with Crippen LogP contribution in [0.1, 0.15) is 22.6 Å². The van der Waals surface area contributed by atoms with E-state index in [1.54, 1.807) is 6.07 Å². The van der Waals surface area contributed by atoms with Gasteiger partial charge in [-0.3, -0.25) is 0 Å². The van der Waals surface area contributed by atoms with Crippen molar-refractivity contribution in [3.8, 4) is 0 Å². The number of nitrogens with two attached hydrogens (primary N) is 1. The fourth-order valence-corrected chi connectivity index (χ4v) is 2.61. The average Bonchev–Trinajstić information content (AvgIpc) is 2.39. The van der Waals surface area contributed by atoms with Crippen LogP contribution in [-0.4, -0.2) is 6.54 Å². The SMILES string of the molecule is Cc1ccc(C(CN)Cc2ccc(Cl)cc2Cl)cc1. The van der Waals surface area contributed by atoms with Gasteiger partial charge in [-0.15, -0.1) is 0 Å². The van der Waals surface area contributed by atoms with E-state index in [1.165, 1.54) is 11.1 Å². The molecule has 100 valence electrons. The van der Waals surface area contributed by atoms with E-state index in [0.717, 1.165) is 12.0 Å². The molecule has 2 aromatic rings. The average molecular weight is 294 g/mol. The zero-order valence-electron chi connectivity index (χ0n) is 10.9. The van der Waals surface area contributed by atoms with Crippen LogP contribution in [-0.2, 0) is 6.42 Å². The maximum Gasteiger partial charge on any atom is 0.0453 e. The lowest BCUT2D eigenvalue weighted by atomic mass is 9.91. The van der Waals surface area contributed by atoms with E-state index in [-0.39, 0.29) is 5.92 Å². The van der Waals surface area contributed by atoms with E-state index in [0.29, 0.717) is 16.6 Å². The third-order valence-electron chi connectivity index (χ3n) is 3.31. The van der Waals surface area contributed by atoms with E-state index in [2.05, 4.69) is 31.2 Å². The molecule has 1 atom stereocenters. The summed E-state index contributed by atoms with van der Waals surface area (Å²) >= 11 is 12.1. The predicted molar refractivity (Wildman–Crippen MR) is 83.1 cm³/mol. The smallest absolute Gasteiger partial charge is 0.0453 e. The van der Waals surface area contributed by atoms with E-state index in [9.17, 15) is 0 Å². The molecule has 1 unspecified atom stereocenters. The van der Waals surface area contributed by atoms with Crippen LogP contribution in [0.2, 0.25) is 10.0 Å². The van der Waals surface area contributed by atoms with Crippen LogP contribution in [0.3, 0.4) is 0 Å². The van der Waals surface area contributed by atoms with Crippen molar-refractivity contribution in [3.63, 3.8) is 0 Å². The summed E-state index contributed by atoms with van der Waals surface area (Å²) in [6.45, 7) is 2.68. The quantitative estimate of drug-likeness (QED) is 0.877. The van der Waals surface area contributed by atoms with E-state index < -0.39 is 0 Å². The van der Waals surface area contributed by atoms with Crippen LogP contribution in [0.25, 0.3) is 0 Å². The Kier molecular flexibility index (Phi) is 4.87. The lowest BCUT2D eigenvalue weighted by molar-refractivity contribution is 0.694. The van der Waals surface area contributed by atoms with Crippen LogP contribution >= 0.6 is 23.2 Å². The van der Waals surface area contributed by atoms with Crippen molar-refractivity contribution in [1.82, 2.24) is 0 Å². The molecule has 19 heavy (non-hydrogen) atoms. The van der Waals surface area contributed by atoms with Gasteiger partial charge in [0.2, 0.25) is 0 Å². The number of rotatable bonds is 4. The van der Waals surface area contributed by atoms with Gasteiger partial charge in [0.15, 0.2) is 0 Å². The summed E-state index contributed by atoms with van der Waals surface area (Å²) in [5.74, 6) is 0.277. The Morgan fingerprint density at radius 3 is 2.32 bits per heavy atom. The first-order valence-electron chi connectivity index (χ1n) is 6.30. The topological polar surface area (TPSA) is 26.0 Å². The van der Waals surface area contributed by atoms with Crippen LogP contribution in [0.15, 0.2) is 42.5 Å². The Labute approximate surface area is 124 Å². The van der Waals surface area contributed by atoms with Crippen molar-refractivity contribution in [1.29, 1.82) is 0 Å². The second-order valence-corrected chi connectivity index (χ2v) is 5.63. The van der Waals surface area contributed by atoms with E-state index in [4.69, 9.17) is 28.9 Å². The van der Waals surface area contributed by atoms with Crippen molar-refractivity contribution in [2.45, 2.75) is 19.3 Å². The Hall–Kier alpha value is -1.02. The van der Waals surface area contributed by atoms with Gasteiger partial charge >= 0.3 is 0 Å². The molecular formula is C16H17Cl2N. The van der Waals surface area contributed by atoms with Gasteiger partial charge in [-0.2, -0.15) is 0 Å². The number of aryl methyl sites for hydroxylation is 1. The molecule has 0 radical (unpaired) electrons. The normalized spacial score (nSPS) is 12.4. The zero-order chi connectivity index (χ0) is 13.8. The first kappa shape index (κ1) is 14.4. The molecule has 2 rings (SSSR count). The molecule has 0 aliphatic rings. The molecule has 0 bridgehead atoms. The molecule has 0 spiro atoms. The maximum atomic E-state index is 6.22. The number of halogens is 2. The predicted octanol–water partition coefficient (Wildman–Crippen LogP) is 4.59. The van der Waals surface area contributed by atoms with Crippen molar-refractivity contribution in [3.05, 3.63) is 69.2 Å². The van der Waals surface area contributed by atoms with Crippen LogP contribution in [0, 0.1) is 6.92 Å². The molecule has 0 saturated carbocycles. The van der Waals surface area contributed by atoms with Gasteiger partial charge in [-0.1, -0.05) is 59.1 Å². The second-order valence-electron chi connectivity index (χ2n) is 4.78. The lowest BCUT2D eigenvalue weighted by Gasteiger charge is -2.16.